The molecule has 0 aromatic heterocycles. The number of carbonyl (C=O) groups excluding carboxylic acids is 1. The zero-order valence-corrected chi connectivity index (χ0v) is 12.8. The number of ether oxygens (including phenoxy) is 2. The number of fused-ring (bicyclic) bond motifs is 2. The van der Waals surface area contributed by atoms with Crippen molar-refractivity contribution in [3.8, 4) is 11.5 Å². The fourth-order valence-corrected chi connectivity index (χ4v) is 2.89. The van der Waals surface area contributed by atoms with Crippen molar-refractivity contribution in [2.45, 2.75) is 13.3 Å². The molecular formula is C18H16N2O3. The third-order valence-electron chi connectivity index (χ3n) is 4.05. The topological polar surface area (TPSA) is 51.1 Å². The SMILES string of the molecule is CCN1N=C(c2ccccc2)c2cc3c(cc2CC1=O)OCO3. The van der Waals surface area contributed by atoms with Crippen molar-refractivity contribution in [2.24, 2.45) is 5.10 Å². The smallest absolute Gasteiger partial charge is 0.247 e. The van der Waals surface area contributed by atoms with Gasteiger partial charge in [-0.15, -0.1) is 0 Å². The molecule has 0 atom stereocenters. The second-order valence-electron chi connectivity index (χ2n) is 5.46. The lowest BCUT2D eigenvalue weighted by atomic mass is 9.95. The summed E-state index contributed by atoms with van der Waals surface area (Å²) in [6.07, 6.45) is 0.305. The summed E-state index contributed by atoms with van der Waals surface area (Å²) in [6, 6.07) is 13.7. The summed E-state index contributed by atoms with van der Waals surface area (Å²) < 4.78 is 10.9. The fourth-order valence-electron chi connectivity index (χ4n) is 2.89. The van der Waals surface area contributed by atoms with Crippen molar-refractivity contribution in [3.05, 3.63) is 59.2 Å². The van der Waals surface area contributed by atoms with Gasteiger partial charge in [0.05, 0.1) is 12.1 Å². The van der Waals surface area contributed by atoms with Crippen LogP contribution in [0.5, 0.6) is 11.5 Å². The van der Waals surface area contributed by atoms with Gasteiger partial charge >= 0.3 is 0 Å². The van der Waals surface area contributed by atoms with Crippen LogP contribution in [0.2, 0.25) is 0 Å². The van der Waals surface area contributed by atoms with E-state index >= 15 is 0 Å². The summed E-state index contributed by atoms with van der Waals surface area (Å²) in [5.41, 5.74) is 3.59. The van der Waals surface area contributed by atoms with Gasteiger partial charge in [-0.2, -0.15) is 5.10 Å². The summed E-state index contributed by atoms with van der Waals surface area (Å²) in [4.78, 5) is 12.4. The maximum Gasteiger partial charge on any atom is 0.247 e. The van der Waals surface area contributed by atoms with E-state index in [2.05, 4.69) is 5.10 Å². The number of rotatable bonds is 2. The molecule has 0 radical (unpaired) electrons. The second kappa shape index (κ2) is 5.43. The van der Waals surface area contributed by atoms with E-state index in [0.717, 1.165) is 22.4 Å². The van der Waals surface area contributed by atoms with Crippen LogP contribution in [0.25, 0.3) is 0 Å². The van der Waals surface area contributed by atoms with Gasteiger partial charge in [0.2, 0.25) is 12.7 Å². The van der Waals surface area contributed by atoms with Gasteiger partial charge < -0.3 is 9.47 Å². The van der Waals surface area contributed by atoms with Crippen LogP contribution in [0.4, 0.5) is 0 Å². The van der Waals surface area contributed by atoms with Crippen LogP contribution in [0.3, 0.4) is 0 Å². The number of amides is 1. The molecule has 0 bridgehead atoms. The number of hydrogen-bond donors (Lipinski definition) is 0. The Balaban J connectivity index is 1.93. The first-order valence-electron chi connectivity index (χ1n) is 7.63. The summed E-state index contributed by atoms with van der Waals surface area (Å²) in [5.74, 6) is 1.37. The summed E-state index contributed by atoms with van der Waals surface area (Å²) >= 11 is 0. The zero-order chi connectivity index (χ0) is 15.8. The fraction of sp³-hybridized carbons (Fsp3) is 0.222. The van der Waals surface area contributed by atoms with Crippen molar-refractivity contribution >= 4 is 11.6 Å². The minimum Gasteiger partial charge on any atom is -0.454 e. The molecular weight excluding hydrogens is 292 g/mol. The van der Waals surface area contributed by atoms with Crippen LogP contribution in [0.1, 0.15) is 23.6 Å². The van der Waals surface area contributed by atoms with E-state index in [0.29, 0.717) is 24.5 Å². The molecule has 2 aliphatic heterocycles. The highest BCUT2D eigenvalue weighted by Crippen LogP contribution is 2.37. The molecule has 0 saturated carbocycles. The lowest BCUT2D eigenvalue weighted by molar-refractivity contribution is -0.130. The number of hydrogen-bond acceptors (Lipinski definition) is 4. The second-order valence-corrected chi connectivity index (χ2v) is 5.46. The van der Waals surface area contributed by atoms with Crippen molar-refractivity contribution in [1.82, 2.24) is 5.01 Å². The molecule has 23 heavy (non-hydrogen) atoms. The Hall–Kier alpha value is -2.82. The van der Waals surface area contributed by atoms with Gasteiger partial charge in [0.25, 0.3) is 0 Å². The Kier molecular flexibility index (Phi) is 3.26. The molecule has 0 saturated heterocycles. The third-order valence-corrected chi connectivity index (χ3v) is 4.05. The molecule has 4 rings (SSSR count). The van der Waals surface area contributed by atoms with Gasteiger partial charge in [0, 0.05) is 17.7 Å². The summed E-state index contributed by atoms with van der Waals surface area (Å²) in [7, 11) is 0. The first-order chi connectivity index (χ1) is 11.3. The largest absolute Gasteiger partial charge is 0.454 e. The van der Waals surface area contributed by atoms with Gasteiger partial charge in [0.15, 0.2) is 11.5 Å². The van der Waals surface area contributed by atoms with Gasteiger partial charge in [-0.1, -0.05) is 30.3 Å². The molecule has 5 heteroatoms. The maximum atomic E-state index is 12.4. The Morgan fingerprint density at radius 2 is 1.87 bits per heavy atom. The highest BCUT2D eigenvalue weighted by molar-refractivity contribution is 6.15. The van der Waals surface area contributed by atoms with E-state index < -0.39 is 0 Å². The molecule has 0 aliphatic carbocycles. The predicted molar refractivity (Wildman–Crippen MR) is 85.7 cm³/mol. The van der Waals surface area contributed by atoms with Crippen molar-refractivity contribution in [1.29, 1.82) is 0 Å². The molecule has 2 aliphatic rings. The van der Waals surface area contributed by atoms with Crippen molar-refractivity contribution in [2.75, 3.05) is 13.3 Å². The Labute approximate surface area is 134 Å². The Morgan fingerprint density at radius 1 is 1.13 bits per heavy atom. The van der Waals surface area contributed by atoms with Crippen molar-refractivity contribution in [3.63, 3.8) is 0 Å². The van der Waals surface area contributed by atoms with Gasteiger partial charge in [0.1, 0.15) is 0 Å². The lowest BCUT2D eigenvalue weighted by Crippen LogP contribution is -2.26. The first kappa shape index (κ1) is 13.8. The number of nitrogens with zero attached hydrogens (tertiary/aromatic N) is 2. The zero-order valence-electron chi connectivity index (χ0n) is 12.8. The molecule has 5 nitrogen and oxygen atoms in total. The van der Waals surface area contributed by atoms with Crippen LogP contribution >= 0.6 is 0 Å². The molecule has 2 aromatic carbocycles. The van der Waals surface area contributed by atoms with Crippen molar-refractivity contribution < 1.29 is 14.3 Å². The van der Waals surface area contributed by atoms with Gasteiger partial charge in [-0.05, 0) is 24.6 Å². The monoisotopic (exact) mass is 308 g/mol. The van der Waals surface area contributed by atoms with E-state index in [1.807, 2.05) is 49.4 Å². The van der Waals surface area contributed by atoms with E-state index in [1.165, 1.54) is 5.01 Å². The first-order valence-corrected chi connectivity index (χ1v) is 7.63. The maximum absolute atomic E-state index is 12.4. The summed E-state index contributed by atoms with van der Waals surface area (Å²) in [6.45, 7) is 2.67. The van der Waals surface area contributed by atoms with Crippen LogP contribution in [0.15, 0.2) is 47.6 Å². The minimum absolute atomic E-state index is 0.0152. The normalized spacial score (nSPS) is 16.0. The predicted octanol–water partition coefficient (Wildman–Crippen LogP) is 2.57. The molecule has 2 heterocycles. The van der Waals surface area contributed by atoms with E-state index in [1.54, 1.807) is 0 Å². The van der Waals surface area contributed by atoms with E-state index in [-0.39, 0.29) is 12.7 Å². The Bertz CT molecular complexity index is 799. The molecule has 1 amide bonds. The molecule has 0 fully saturated rings. The lowest BCUT2D eigenvalue weighted by Gasteiger charge is -2.13. The van der Waals surface area contributed by atoms with Gasteiger partial charge in [-0.3, -0.25) is 4.79 Å². The number of benzene rings is 2. The van der Waals surface area contributed by atoms with Crippen LogP contribution in [0, 0.1) is 0 Å². The standard InChI is InChI=1S/C18H16N2O3/c1-2-20-17(21)9-13-8-15-16(23-11-22-15)10-14(13)18(19-20)12-6-4-3-5-7-12/h3-8,10H,2,9,11H2,1H3. The number of carbonyl (C=O) groups is 1. The van der Waals surface area contributed by atoms with Crippen LogP contribution in [-0.4, -0.2) is 30.0 Å². The average Bonchev–Trinajstić information content (AvgIpc) is 2.98. The third kappa shape index (κ3) is 2.34. The number of likely N-dealkylation sites (N-methyl/N-ethyl adjacent to an activating group) is 1. The molecule has 0 spiro atoms. The van der Waals surface area contributed by atoms with Crippen LogP contribution < -0.4 is 9.47 Å². The van der Waals surface area contributed by atoms with E-state index in [9.17, 15) is 4.79 Å². The molecule has 2 aromatic rings. The summed E-state index contributed by atoms with van der Waals surface area (Å²) in [5, 5.41) is 6.14. The van der Waals surface area contributed by atoms with E-state index in [4.69, 9.17) is 9.47 Å². The molecule has 0 unspecified atom stereocenters. The molecule has 0 N–H and O–H groups in total. The quantitative estimate of drug-likeness (QED) is 0.857. The minimum atomic E-state index is -0.0152. The van der Waals surface area contributed by atoms with Crippen LogP contribution in [-0.2, 0) is 11.2 Å². The Morgan fingerprint density at radius 3 is 2.61 bits per heavy atom. The highest BCUT2D eigenvalue weighted by atomic mass is 16.7. The average molecular weight is 308 g/mol. The molecule has 116 valence electrons. The van der Waals surface area contributed by atoms with Gasteiger partial charge in [-0.25, -0.2) is 5.01 Å². The highest BCUT2D eigenvalue weighted by Gasteiger charge is 2.26. The number of hydrazone groups is 1.